The van der Waals surface area contributed by atoms with Crippen LogP contribution in [-0.2, 0) is 6.54 Å². The number of nitrogens with one attached hydrogen (secondary N) is 1. The molecule has 0 saturated heterocycles. The highest BCUT2D eigenvalue weighted by molar-refractivity contribution is 5.80. The quantitative estimate of drug-likeness (QED) is 0.773. The van der Waals surface area contributed by atoms with Crippen molar-refractivity contribution in [1.29, 1.82) is 0 Å². The lowest BCUT2D eigenvalue weighted by atomic mass is 10.2. The van der Waals surface area contributed by atoms with Gasteiger partial charge in [-0.2, -0.15) is 5.10 Å². The van der Waals surface area contributed by atoms with Gasteiger partial charge < -0.3 is 5.32 Å². The average Bonchev–Trinajstić information content (AvgIpc) is 2.51. The van der Waals surface area contributed by atoms with Crippen LogP contribution in [0.1, 0.15) is 5.69 Å². The van der Waals surface area contributed by atoms with Crippen LogP contribution < -0.4 is 10.9 Å². The van der Waals surface area contributed by atoms with Gasteiger partial charge in [0, 0.05) is 12.4 Å². The molecule has 0 bridgehead atoms. The smallest absolute Gasteiger partial charge is 0.274 e. The molecule has 0 spiro atoms. The van der Waals surface area contributed by atoms with Gasteiger partial charge in [0.1, 0.15) is 5.82 Å². The van der Waals surface area contributed by atoms with E-state index in [1.165, 1.54) is 4.68 Å². The fourth-order valence-electron chi connectivity index (χ4n) is 1.96. The fourth-order valence-corrected chi connectivity index (χ4v) is 1.96. The van der Waals surface area contributed by atoms with Gasteiger partial charge in [0.2, 0.25) is 0 Å². The maximum Gasteiger partial charge on any atom is 0.274 e. The van der Waals surface area contributed by atoms with Crippen LogP contribution in [0.2, 0.25) is 0 Å². The van der Waals surface area contributed by atoms with Crippen molar-refractivity contribution in [1.82, 2.24) is 19.7 Å². The van der Waals surface area contributed by atoms with Crippen LogP contribution in [0.4, 0.5) is 5.82 Å². The van der Waals surface area contributed by atoms with Crippen molar-refractivity contribution in [3.63, 3.8) is 0 Å². The minimum atomic E-state index is -0.123. The van der Waals surface area contributed by atoms with E-state index in [2.05, 4.69) is 20.4 Å². The monoisotopic (exact) mass is 267 g/mol. The maximum atomic E-state index is 12.3. The molecule has 1 aromatic carbocycles. The van der Waals surface area contributed by atoms with Gasteiger partial charge in [-0.3, -0.25) is 9.78 Å². The van der Waals surface area contributed by atoms with E-state index in [0.29, 0.717) is 23.4 Å². The summed E-state index contributed by atoms with van der Waals surface area (Å²) in [6.07, 6.45) is 4.95. The number of fused-ring (bicyclic) bond motifs is 1. The SMILES string of the molecule is CNc1cnc(Cn2ncc3ccccc3c2=O)cn1. The van der Waals surface area contributed by atoms with Crippen LogP contribution in [-0.4, -0.2) is 26.8 Å². The molecule has 0 fully saturated rings. The summed E-state index contributed by atoms with van der Waals surface area (Å²) in [7, 11) is 1.78. The summed E-state index contributed by atoms with van der Waals surface area (Å²) < 4.78 is 1.39. The fraction of sp³-hybridized carbons (Fsp3) is 0.143. The summed E-state index contributed by atoms with van der Waals surface area (Å²) >= 11 is 0. The molecule has 0 aliphatic heterocycles. The van der Waals surface area contributed by atoms with E-state index in [1.807, 2.05) is 18.2 Å². The lowest BCUT2D eigenvalue weighted by molar-refractivity contribution is 0.633. The first kappa shape index (κ1) is 12.3. The molecule has 6 heteroatoms. The Balaban J connectivity index is 1.98. The Bertz CT molecular complexity index is 795. The van der Waals surface area contributed by atoms with Crippen molar-refractivity contribution in [2.75, 3.05) is 12.4 Å². The highest BCUT2D eigenvalue weighted by Crippen LogP contribution is 2.07. The molecule has 3 aromatic rings. The molecule has 20 heavy (non-hydrogen) atoms. The van der Waals surface area contributed by atoms with E-state index in [9.17, 15) is 4.79 Å². The zero-order chi connectivity index (χ0) is 13.9. The zero-order valence-electron chi connectivity index (χ0n) is 10.9. The maximum absolute atomic E-state index is 12.3. The van der Waals surface area contributed by atoms with Crippen molar-refractivity contribution >= 4 is 16.6 Å². The zero-order valence-corrected chi connectivity index (χ0v) is 10.9. The molecular weight excluding hydrogens is 254 g/mol. The highest BCUT2D eigenvalue weighted by atomic mass is 16.1. The van der Waals surface area contributed by atoms with Gasteiger partial charge in [-0.05, 0) is 6.07 Å². The molecule has 0 radical (unpaired) electrons. The Morgan fingerprint density at radius 2 is 2.00 bits per heavy atom. The van der Waals surface area contributed by atoms with E-state index < -0.39 is 0 Å². The van der Waals surface area contributed by atoms with Gasteiger partial charge in [-0.25, -0.2) is 9.67 Å². The van der Waals surface area contributed by atoms with E-state index in [-0.39, 0.29) is 5.56 Å². The Hall–Kier alpha value is -2.76. The normalized spacial score (nSPS) is 10.7. The van der Waals surface area contributed by atoms with Gasteiger partial charge in [-0.15, -0.1) is 0 Å². The Morgan fingerprint density at radius 3 is 2.75 bits per heavy atom. The van der Waals surface area contributed by atoms with Gasteiger partial charge in [0.25, 0.3) is 5.56 Å². The molecule has 0 aliphatic carbocycles. The van der Waals surface area contributed by atoms with Crippen LogP contribution in [0.25, 0.3) is 10.8 Å². The van der Waals surface area contributed by atoms with Gasteiger partial charge >= 0.3 is 0 Å². The number of nitrogens with zero attached hydrogens (tertiary/aromatic N) is 4. The minimum Gasteiger partial charge on any atom is -0.372 e. The lowest BCUT2D eigenvalue weighted by Gasteiger charge is -2.06. The average molecular weight is 267 g/mol. The molecule has 6 nitrogen and oxygen atoms in total. The predicted octanol–water partition coefficient (Wildman–Crippen LogP) is 1.28. The van der Waals surface area contributed by atoms with Crippen molar-refractivity contribution in [3.05, 3.63) is 58.9 Å². The Kier molecular flexibility index (Phi) is 3.12. The lowest BCUT2D eigenvalue weighted by Crippen LogP contribution is -2.23. The van der Waals surface area contributed by atoms with E-state index in [1.54, 1.807) is 31.7 Å². The standard InChI is InChI=1S/C14H13N5O/c1-15-13-8-16-11(7-17-13)9-19-14(20)12-5-3-2-4-10(12)6-18-19/h2-8H,9H2,1H3,(H,15,17). The Morgan fingerprint density at radius 1 is 1.15 bits per heavy atom. The van der Waals surface area contributed by atoms with E-state index in [0.717, 1.165) is 5.39 Å². The number of anilines is 1. The van der Waals surface area contributed by atoms with E-state index >= 15 is 0 Å². The van der Waals surface area contributed by atoms with E-state index in [4.69, 9.17) is 0 Å². The first-order valence-corrected chi connectivity index (χ1v) is 6.21. The van der Waals surface area contributed by atoms with Gasteiger partial charge in [0.15, 0.2) is 0 Å². The third-order valence-electron chi connectivity index (χ3n) is 3.04. The Labute approximate surface area is 115 Å². The largest absolute Gasteiger partial charge is 0.372 e. The second-order valence-corrected chi connectivity index (χ2v) is 4.34. The highest BCUT2D eigenvalue weighted by Gasteiger charge is 2.05. The molecule has 3 rings (SSSR count). The molecule has 0 atom stereocenters. The second-order valence-electron chi connectivity index (χ2n) is 4.34. The van der Waals surface area contributed by atoms with Crippen LogP contribution >= 0.6 is 0 Å². The minimum absolute atomic E-state index is 0.123. The molecule has 2 aromatic heterocycles. The topological polar surface area (TPSA) is 72.7 Å². The molecular formula is C14H13N5O. The molecule has 0 saturated carbocycles. The molecule has 100 valence electrons. The number of hydrogen-bond donors (Lipinski definition) is 1. The predicted molar refractivity (Wildman–Crippen MR) is 76.7 cm³/mol. The number of aromatic nitrogens is 4. The van der Waals surface area contributed by atoms with Crippen molar-refractivity contribution < 1.29 is 0 Å². The summed E-state index contributed by atoms with van der Waals surface area (Å²) in [5, 5.41) is 8.55. The van der Waals surface area contributed by atoms with Crippen molar-refractivity contribution in [2.24, 2.45) is 0 Å². The number of hydrogen-bond acceptors (Lipinski definition) is 5. The molecule has 0 unspecified atom stereocenters. The first-order valence-electron chi connectivity index (χ1n) is 6.21. The third kappa shape index (κ3) is 2.23. The molecule has 0 amide bonds. The number of benzene rings is 1. The summed E-state index contributed by atoms with van der Waals surface area (Å²) in [5.74, 6) is 0.688. The van der Waals surface area contributed by atoms with Crippen LogP contribution in [0, 0.1) is 0 Å². The number of rotatable bonds is 3. The van der Waals surface area contributed by atoms with Crippen molar-refractivity contribution in [3.8, 4) is 0 Å². The molecule has 2 heterocycles. The summed E-state index contributed by atoms with van der Waals surface area (Å²) in [6.45, 7) is 0.306. The summed E-state index contributed by atoms with van der Waals surface area (Å²) in [4.78, 5) is 20.7. The van der Waals surface area contributed by atoms with Crippen LogP contribution in [0.3, 0.4) is 0 Å². The van der Waals surface area contributed by atoms with Gasteiger partial charge in [-0.1, -0.05) is 18.2 Å². The first-order chi connectivity index (χ1) is 9.78. The second kappa shape index (κ2) is 5.08. The third-order valence-corrected chi connectivity index (χ3v) is 3.04. The molecule has 0 aliphatic rings. The summed E-state index contributed by atoms with van der Waals surface area (Å²) in [5.41, 5.74) is 0.566. The van der Waals surface area contributed by atoms with Crippen LogP contribution in [0.5, 0.6) is 0 Å². The molecule has 1 N–H and O–H groups in total. The van der Waals surface area contributed by atoms with Crippen LogP contribution in [0.15, 0.2) is 47.7 Å². The van der Waals surface area contributed by atoms with Gasteiger partial charge in [0.05, 0.1) is 36.2 Å². The van der Waals surface area contributed by atoms with Crippen molar-refractivity contribution in [2.45, 2.75) is 6.54 Å². The summed E-state index contributed by atoms with van der Waals surface area (Å²) in [6, 6.07) is 7.40.